The third-order valence-electron chi connectivity index (χ3n) is 4.96. The lowest BCUT2D eigenvalue weighted by Gasteiger charge is -2.43. The van der Waals surface area contributed by atoms with Crippen LogP contribution < -0.4 is 0 Å². The second kappa shape index (κ2) is 8.93. The average molecular weight is 400 g/mol. The van der Waals surface area contributed by atoms with E-state index in [0.717, 1.165) is 6.54 Å². The van der Waals surface area contributed by atoms with E-state index in [2.05, 4.69) is 17.0 Å². The number of aliphatic hydroxyl groups is 1. The number of hydrogen-bond donors (Lipinski definition) is 1. The molecule has 1 fully saturated rings. The molecule has 5 nitrogen and oxygen atoms in total. The highest BCUT2D eigenvalue weighted by Crippen LogP contribution is 2.27. The van der Waals surface area contributed by atoms with Crippen LogP contribution in [0.4, 0.5) is 9.18 Å². The van der Waals surface area contributed by atoms with Crippen molar-refractivity contribution < 1.29 is 19.0 Å². The number of halogens is 1. The van der Waals surface area contributed by atoms with E-state index < -0.39 is 23.8 Å². The van der Waals surface area contributed by atoms with Gasteiger partial charge in [0, 0.05) is 26.2 Å². The topological polar surface area (TPSA) is 53.0 Å². The Morgan fingerprint density at radius 1 is 1.14 bits per heavy atom. The van der Waals surface area contributed by atoms with Crippen molar-refractivity contribution >= 4 is 6.09 Å². The van der Waals surface area contributed by atoms with E-state index in [-0.39, 0.29) is 5.82 Å². The molecule has 2 aromatic rings. The Kier molecular flexibility index (Phi) is 6.55. The van der Waals surface area contributed by atoms with Gasteiger partial charge in [-0.15, -0.1) is 0 Å². The number of piperazine rings is 1. The number of rotatable bonds is 4. The zero-order chi connectivity index (χ0) is 21.0. The smallest absolute Gasteiger partial charge is 0.410 e. The molecule has 1 heterocycles. The molecule has 0 spiro atoms. The molecule has 1 N–H and O–H groups in total. The molecule has 1 aliphatic heterocycles. The van der Waals surface area contributed by atoms with Crippen LogP contribution >= 0.6 is 0 Å². The van der Waals surface area contributed by atoms with Crippen LogP contribution in [0.15, 0.2) is 54.6 Å². The first-order valence-electron chi connectivity index (χ1n) is 9.92. The Hall–Kier alpha value is -2.44. The van der Waals surface area contributed by atoms with Crippen LogP contribution in [0.3, 0.4) is 0 Å². The van der Waals surface area contributed by atoms with Gasteiger partial charge in [0.2, 0.25) is 0 Å². The van der Waals surface area contributed by atoms with Gasteiger partial charge in [-0.25, -0.2) is 9.18 Å². The average Bonchev–Trinajstić information content (AvgIpc) is 2.67. The summed E-state index contributed by atoms with van der Waals surface area (Å²) in [6.45, 7) is 7.82. The van der Waals surface area contributed by atoms with Crippen molar-refractivity contribution in [2.45, 2.75) is 45.1 Å². The van der Waals surface area contributed by atoms with Crippen molar-refractivity contribution in [1.29, 1.82) is 0 Å². The van der Waals surface area contributed by atoms with Crippen LogP contribution in [0.25, 0.3) is 0 Å². The normalized spacial score (nSPS) is 19.1. The lowest BCUT2D eigenvalue weighted by molar-refractivity contribution is -0.0342. The Morgan fingerprint density at radius 2 is 1.79 bits per heavy atom. The zero-order valence-corrected chi connectivity index (χ0v) is 17.2. The Morgan fingerprint density at radius 3 is 2.41 bits per heavy atom. The van der Waals surface area contributed by atoms with E-state index >= 15 is 0 Å². The Balaban J connectivity index is 1.80. The van der Waals surface area contributed by atoms with Crippen LogP contribution in [-0.4, -0.2) is 52.3 Å². The summed E-state index contributed by atoms with van der Waals surface area (Å²) in [6, 6.07) is 15.4. The highest BCUT2D eigenvalue weighted by Gasteiger charge is 2.37. The molecule has 1 saturated heterocycles. The lowest BCUT2D eigenvalue weighted by Crippen LogP contribution is -2.57. The van der Waals surface area contributed by atoms with Crippen molar-refractivity contribution in [2.75, 3.05) is 19.6 Å². The predicted octanol–water partition coefficient (Wildman–Crippen LogP) is 3.98. The van der Waals surface area contributed by atoms with E-state index in [1.165, 1.54) is 17.7 Å². The van der Waals surface area contributed by atoms with Crippen LogP contribution in [0.2, 0.25) is 0 Å². The Labute approximate surface area is 171 Å². The number of amides is 1. The predicted molar refractivity (Wildman–Crippen MR) is 110 cm³/mol. The van der Waals surface area contributed by atoms with Gasteiger partial charge in [-0.3, -0.25) is 9.80 Å². The van der Waals surface area contributed by atoms with Gasteiger partial charge < -0.3 is 9.84 Å². The van der Waals surface area contributed by atoms with E-state index in [1.54, 1.807) is 17.0 Å². The van der Waals surface area contributed by atoms with E-state index in [9.17, 15) is 14.3 Å². The van der Waals surface area contributed by atoms with Gasteiger partial charge in [0.1, 0.15) is 17.5 Å². The quantitative estimate of drug-likeness (QED) is 0.844. The molecule has 0 saturated carbocycles. The highest BCUT2D eigenvalue weighted by atomic mass is 19.1. The second-order valence-corrected chi connectivity index (χ2v) is 8.46. The third-order valence-corrected chi connectivity index (χ3v) is 4.96. The molecule has 29 heavy (non-hydrogen) atoms. The molecular weight excluding hydrogens is 371 g/mol. The van der Waals surface area contributed by atoms with Crippen molar-refractivity contribution in [3.8, 4) is 0 Å². The first-order valence-corrected chi connectivity index (χ1v) is 9.92. The molecule has 0 aliphatic carbocycles. The summed E-state index contributed by atoms with van der Waals surface area (Å²) >= 11 is 0. The summed E-state index contributed by atoms with van der Waals surface area (Å²) in [5, 5.41) is 11.0. The molecule has 6 heteroatoms. The minimum Gasteiger partial charge on any atom is -0.444 e. The van der Waals surface area contributed by atoms with Gasteiger partial charge in [-0.2, -0.15) is 0 Å². The molecule has 1 aliphatic rings. The number of ether oxygens (including phenoxy) is 1. The lowest BCUT2D eigenvalue weighted by atomic mass is 9.98. The molecular formula is C23H29FN2O3. The number of benzene rings is 2. The fraction of sp³-hybridized carbons (Fsp3) is 0.435. The maximum Gasteiger partial charge on any atom is 0.410 e. The van der Waals surface area contributed by atoms with Crippen LogP contribution in [-0.2, 0) is 11.3 Å². The van der Waals surface area contributed by atoms with Crippen LogP contribution in [0.1, 0.15) is 38.0 Å². The fourth-order valence-corrected chi connectivity index (χ4v) is 3.55. The van der Waals surface area contributed by atoms with Crippen molar-refractivity contribution in [1.82, 2.24) is 9.80 Å². The minimum absolute atomic E-state index is 0.362. The summed E-state index contributed by atoms with van der Waals surface area (Å²) in [5.41, 5.74) is 1.13. The molecule has 1 unspecified atom stereocenters. The number of carbonyl (C=O) groups excluding carboxylic acids is 1. The first kappa shape index (κ1) is 21.3. The van der Waals surface area contributed by atoms with Gasteiger partial charge in [0.25, 0.3) is 0 Å². The molecule has 1 amide bonds. The SMILES string of the molecule is CC(C)(C)OC(=O)N1CCN(Cc2ccccc2)C[C@H]1C(O)c1ccc(F)cc1. The summed E-state index contributed by atoms with van der Waals surface area (Å²) < 4.78 is 18.9. The molecule has 3 rings (SSSR count). The number of hydrogen-bond acceptors (Lipinski definition) is 4. The van der Waals surface area contributed by atoms with Gasteiger partial charge in [0.15, 0.2) is 0 Å². The number of nitrogens with zero attached hydrogens (tertiary/aromatic N) is 2. The van der Waals surface area contributed by atoms with Gasteiger partial charge in [-0.1, -0.05) is 42.5 Å². The van der Waals surface area contributed by atoms with Gasteiger partial charge in [-0.05, 0) is 44.0 Å². The maximum absolute atomic E-state index is 13.3. The summed E-state index contributed by atoms with van der Waals surface area (Å²) in [5.74, 6) is -0.362. The number of carbonyl (C=O) groups is 1. The molecule has 0 aromatic heterocycles. The fourth-order valence-electron chi connectivity index (χ4n) is 3.55. The molecule has 2 atom stereocenters. The first-order chi connectivity index (χ1) is 13.7. The summed E-state index contributed by atoms with van der Waals surface area (Å²) in [7, 11) is 0. The third kappa shape index (κ3) is 5.78. The monoisotopic (exact) mass is 400 g/mol. The van der Waals surface area contributed by atoms with Crippen molar-refractivity contribution in [3.05, 3.63) is 71.5 Å². The Bertz CT molecular complexity index is 805. The second-order valence-electron chi connectivity index (χ2n) is 8.46. The van der Waals surface area contributed by atoms with E-state index in [1.807, 2.05) is 39.0 Å². The summed E-state index contributed by atoms with van der Waals surface area (Å²) in [6.07, 6.45) is -1.38. The standard InChI is InChI=1S/C23H29FN2O3/c1-23(2,3)29-22(28)26-14-13-25(15-17-7-5-4-6-8-17)16-20(26)21(27)18-9-11-19(24)12-10-18/h4-12,20-21,27H,13-16H2,1-3H3/t20-,21?/m0/s1. The highest BCUT2D eigenvalue weighted by molar-refractivity contribution is 5.69. The molecule has 0 radical (unpaired) electrons. The van der Waals surface area contributed by atoms with Crippen LogP contribution in [0, 0.1) is 5.82 Å². The minimum atomic E-state index is -0.943. The van der Waals surface area contributed by atoms with E-state index in [4.69, 9.17) is 4.74 Å². The maximum atomic E-state index is 13.3. The molecule has 0 bridgehead atoms. The molecule has 156 valence electrons. The van der Waals surface area contributed by atoms with Crippen LogP contribution in [0.5, 0.6) is 0 Å². The van der Waals surface area contributed by atoms with Gasteiger partial charge in [0.05, 0.1) is 6.04 Å². The zero-order valence-electron chi connectivity index (χ0n) is 17.2. The van der Waals surface area contributed by atoms with Crippen molar-refractivity contribution in [3.63, 3.8) is 0 Å². The largest absolute Gasteiger partial charge is 0.444 e. The number of aliphatic hydroxyl groups excluding tert-OH is 1. The van der Waals surface area contributed by atoms with Gasteiger partial charge >= 0.3 is 6.09 Å². The van der Waals surface area contributed by atoms with E-state index in [0.29, 0.717) is 25.2 Å². The van der Waals surface area contributed by atoms with Crippen molar-refractivity contribution in [2.24, 2.45) is 0 Å². The summed E-state index contributed by atoms with van der Waals surface area (Å²) in [4.78, 5) is 16.6. The molecule has 2 aromatic carbocycles.